The number of fused-ring (bicyclic) bond motifs is 1. The van der Waals surface area contributed by atoms with Gasteiger partial charge in [0.25, 0.3) is 0 Å². The summed E-state index contributed by atoms with van der Waals surface area (Å²) in [6.45, 7) is 3.76. The van der Waals surface area contributed by atoms with E-state index >= 15 is 0 Å². The Morgan fingerprint density at radius 1 is 1.03 bits per heavy atom. The highest BCUT2D eigenvalue weighted by Crippen LogP contribution is 2.39. The maximum absolute atomic E-state index is 14.3. The molecule has 0 unspecified atom stereocenters. The maximum Gasteiger partial charge on any atom is 0.227 e. The minimum absolute atomic E-state index is 0.170. The summed E-state index contributed by atoms with van der Waals surface area (Å²) in [7, 11) is 1.80. The molecule has 3 aromatic heterocycles. The first-order chi connectivity index (χ1) is 18.9. The van der Waals surface area contributed by atoms with E-state index in [9.17, 15) is 13.6 Å². The lowest BCUT2D eigenvalue weighted by atomic mass is 9.99. The van der Waals surface area contributed by atoms with Gasteiger partial charge in [-0.2, -0.15) is 0 Å². The van der Waals surface area contributed by atoms with Crippen molar-refractivity contribution in [3.63, 3.8) is 0 Å². The quantitative estimate of drug-likeness (QED) is 0.289. The van der Waals surface area contributed by atoms with Crippen LogP contribution < -0.4 is 10.2 Å². The number of aryl methyl sites for hydroxylation is 2. The fraction of sp³-hybridized carbons (Fsp3) is 0.241. The molecule has 1 aliphatic heterocycles. The van der Waals surface area contributed by atoms with Gasteiger partial charge in [0.15, 0.2) is 11.6 Å². The molecule has 0 radical (unpaired) electrons. The first-order valence-corrected chi connectivity index (χ1v) is 12.7. The number of halogens is 2. The number of piperidine rings is 1. The van der Waals surface area contributed by atoms with E-state index in [1.807, 2.05) is 48.7 Å². The van der Waals surface area contributed by atoms with Crippen LogP contribution in [0.25, 0.3) is 27.8 Å². The van der Waals surface area contributed by atoms with Gasteiger partial charge in [-0.15, -0.1) is 0 Å². The molecule has 0 bridgehead atoms. The third-order valence-electron chi connectivity index (χ3n) is 7.19. The Morgan fingerprint density at radius 3 is 2.54 bits per heavy atom. The highest BCUT2D eigenvalue weighted by molar-refractivity contribution is 5.95. The van der Waals surface area contributed by atoms with Crippen molar-refractivity contribution in [1.29, 1.82) is 0 Å². The number of aromatic nitrogens is 4. The number of imidazole rings is 1. The number of hydrogen-bond acceptors (Lipinski definition) is 6. The molecule has 0 saturated carbocycles. The van der Waals surface area contributed by atoms with Crippen molar-refractivity contribution in [1.82, 2.24) is 19.7 Å². The van der Waals surface area contributed by atoms with E-state index in [-0.39, 0.29) is 5.91 Å². The van der Waals surface area contributed by atoms with Gasteiger partial charge in [-0.05, 0) is 68.7 Å². The Balaban J connectivity index is 1.56. The maximum atomic E-state index is 14.3. The average molecular weight is 529 g/mol. The molecule has 2 aromatic carbocycles. The average Bonchev–Trinajstić information content (AvgIpc) is 3.48. The van der Waals surface area contributed by atoms with Crippen molar-refractivity contribution in [3.8, 4) is 16.8 Å². The summed E-state index contributed by atoms with van der Waals surface area (Å²) in [6.07, 6.45) is 3.30. The van der Waals surface area contributed by atoms with E-state index in [0.717, 1.165) is 40.2 Å². The Bertz CT molecular complexity index is 1690. The zero-order valence-electron chi connectivity index (χ0n) is 21.7. The minimum atomic E-state index is -1.01. The Morgan fingerprint density at radius 2 is 1.85 bits per heavy atom. The predicted octanol–water partition coefficient (Wildman–Crippen LogP) is 6.27. The lowest BCUT2D eigenvalue weighted by Gasteiger charge is -2.35. The summed E-state index contributed by atoms with van der Waals surface area (Å²) in [5.41, 5.74) is 5.19. The van der Waals surface area contributed by atoms with E-state index in [2.05, 4.69) is 15.5 Å². The molecule has 5 aromatic rings. The highest BCUT2D eigenvalue weighted by atomic mass is 19.2. The summed E-state index contributed by atoms with van der Waals surface area (Å²) in [5.74, 6) is -0.111. The summed E-state index contributed by atoms with van der Waals surface area (Å²) >= 11 is 0. The van der Waals surface area contributed by atoms with Gasteiger partial charge >= 0.3 is 0 Å². The second kappa shape index (κ2) is 9.61. The van der Waals surface area contributed by atoms with E-state index in [4.69, 9.17) is 9.51 Å². The number of rotatable bonds is 5. The molecule has 1 aliphatic rings. The number of nitrogens with zero attached hydrogens (tertiary/aromatic N) is 5. The van der Waals surface area contributed by atoms with Gasteiger partial charge in [0.2, 0.25) is 5.91 Å². The number of anilines is 2. The smallest absolute Gasteiger partial charge is 0.227 e. The van der Waals surface area contributed by atoms with Crippen molar-refractivity contribution in [2.45, 2.75) is 39.2 Å². The molecule has 4 heterocycles. The Hall–Kier alpha value is -4.60. The molecule has 0 aliphatic carbocycles. The van der Waals surface area contributed by atoms with E-state index in [1.165, 1.54) is 11.0 Å². The van der Waals surface area contributed by atoms with Crippen molar-refractivity contribution >= 4 is 28.4 Å². The molecule has 10 heteroatoms. The molecule has 1 fully saturated rings. The van der Waals surface area contributed by atoms with Crippen molar-refractivity contribution in [3.05, 3.63) is 83.6 Å². The SMILES string of the molecule is CNc1ccc(-n2c([C@@H]3CCCC(=O)N3c3ccc(F)c(F)c3)nc3cc(-c4c(C)noc4C)ccc32)cn1. The van der Waals surface area contributed by atoms with Crippen LogP contribution in [0, 0.1) is 25.5 Å². The van der Waals surface area contributed by atoms with Gasteiger partial charge in [0, 0.05) is 30.8 Å². The summed E-state index contributed by atoms with van der Waals surface area (Å²) < 4.78 is 35.4. The molecular formula is C29H26F2N6O2. The predicted molar refractivity (Wildman–Crippen MR) is 144 cm³/mol. The van der Waals surface area contributed by atoms with Crippen LogP contribution in [-0.4, -0.2) is 32.6 Å². The molecule has 0 spiro atoms. The van der Waals surface area contributed by atoms with Crippen LogP contribution in [0.4, 0.5) is 20.3 Å². The van der Waals surface area contributed by atoms with Crippen molar-refractivity contribution in [2.75, 3.05) is 17.3 Å². The van der Waals surface area contributed by atoms with Crippen LogP contribution in [-0.2, 0) is 4.79 Å². The molecule has 1 atom stereocenters. The topological polar surface area (TPSA) is 89.1 Å². The van der Waals surface area contributed by atoms with Crippen LogP contribution in [0.1, 0.15) is 42.6 Å². The van der Waals surface area contributed by atoms with Crippen LogP contribution in [0.3, 0.4) is 0 Å². The fourth-order valence-electron chi connectivity index (χ4n) is 5.38. The first-order valence-electron chi connectivity index (χ1n) is 12.7. The monoisotopic (exact) mass is 528 g/mol. The fourth-order valence-corrected chi connectivity index (χ4v) is 5.38. The number of pyridine rings is 1. The Kier molecular flexibility index (Phi) is 6.09. The number of carbonyl (C=O) groups excluding carboxylic acids is 1. The van der Waals surface area contributed by atoms with Crippen molar-refractivity contribution in [2.24, 2.45) is 0 Å². The zero-order valence-corrected chi connectivity index (χ0v) is 21.7. The summed E-state index contributed by atoms with van der Waals surface area (Å²) in [4.78, 5) is 24.3. The van der Waals surface area contributed by atoms with Gasteiger partial charge < -0.3 is 14.7 Å². The standard InChI is InChI=1S/C29H26F2N6O2/c1-16-28(17(2)39-35-16)18-7-11-24-23(13-18)34-29(37(24)20-9-12-26(32-3)33-15-20)25-5-4-6-27(38)36(25)19-8-10-21(30)22(31)14-19/h7-15,25H,4-6H2,1-3H3,(H,32,33)/t25-/m0/s1. The molecule has 8 nitrogen and oxygen atoms in total. The number of carbonyl (C=O) groups is 1. The lowest BCUT2D eigenvalue weighted by molar-refractivity contribution is -0.120. The zero-order chi connectivity index (χ0) is 27.3. The summed E-state index contributed by atoms with van der Waals surface area (Å²) in [5, 5.41) is 7.10. The van der Waals surface area contributed by atoms with Gasteiger partial charge in [0.1, 0.15) is 17.4 Å². The molecular weight excluding hydrogens is 502 g/mol. The van der Waals surface area contributed by atoms with Gasteiger partial charge in [-0.3, -0.25) is 9.36 Å². The molecule has 198 valence electrons. The first kappa shape index (κ1) is 24.7. The molecule has 39 heavy (non-hydrogen) atoms. The lowest BCUT2D eigenvalue weighted by Crippen LogP contribution is -2.39. The number of benzene rings is 2. The van der Waals surface area contributed by atoms with Crippen LogP contribution in [0.2, 0.25) is 0 Å². The highest BCUT2D eigenvalue weighted by Gasteiger charge is 2.35. The van der Waals surface area contributed by atoms with Gasteiger partial charge in [-0.25, -0.2) is 18.7 Å². The third-order valence-corrected chi connectivity index (χ3v) is 7.19. The van der Waals surface area contributed by atoms with E-state index < -0.39 is 17.7 Å². The molecule has 1 amide bonds. The van der Waals surface area contributed by atoms with Gasteiger partial charge in [-0.1, -0.05) is 11.2 Å². The largest absolute Gasteiger partial charge is 0.373 e. The molecule has 1 saturated heterocycles. The minimum Gasteiger partial charge on any atom is -0.373 e. The van der Waals surface area contributed by atoms with E-state index in [1.54, 1.807) is 13.2 Å². The van der Waals surface area contributed by atoms with Crippen LogP contribution in [0.15, 0.2) is 59.3 Å². The number of hydrogen-bond donors (Lipinski definition) is 1. The number of amides is 1. The van der Waals surface area contributed by atoms with E-state index in [0.29, 0.717) is 47.9 Å². The molecule has 6 rings (SSSR count). The Labute approximate surface area is 223 Å². The third kappa shape index (κ3) is 4.21. The number of nitrogens with one attached hydrogen (secondary N) is 1. The van der Waals surface area contributed by atoms with Crippen LogP contribution in [0.5, 0.6) is 0 Å². The normalized spacial score (nSPS) is 15.8. The second-order valence-corrected chi connectivity index (χ2v) is 9.63. The van der Waals surface area contributed by atoms with Crippen LogP contribution >= 0.6 is 0 Å². The molecule has 1 N–H and O–H groups in total. The summed E-state index contributed by atoms with van der Waals surface area (Å²) in [6, 6.07) is 12.8. The van der Waals surface area contributed by atoms with Crippen molar-refractivity contribution < 1.29 is 18.1 Å². The van der Waals surface area contributed by atoms with Gasteiger partial charge in [0.05, 0.1) is 34.7 Å². The second-order valence-electron chi connectivity index (χ2n) is 9.63.